The molecular formula is C36H54N2O6. The Bertz CT molecular complexity index is 1050. The molecule has 1 fully saturated rings. The number of hydrogen-bond donors (Lipinski definition) is 1. The molecule has 1 aliphatic rings. The Morgan fingerprint density at radius 2 is 1.41 bits per heavy atom. The van der Waals surface area contributed by atoms with Crippen LogP contribution >= 0.6 is 0 Å². The molecule has 1 N–H and O–H groups in total. The maximum absolute atomic E-state index is 12.6. The summed E-state index contributed by atoms with van der Waals surface area (Å²) in [5.41, 5.74) is 2.70. The van der Waals surface area contributed by atoms with Gasteiger partial charge in [-0.15, -0.1) is 23.7 Å². The molecule has 1 amide bonds. The average Bonchev–Trinajstić information content (AvgIpc) is 3.53. The Morgan fingerprint density at radius 3 is 2.00 bits per heavy atom. The van der Waals surface area contributed by atoms with Gasteiger partial charge in [0.1, 0.15) is 13.2 Å². The SMILES string of the molecule is CCCCC#CCCOC(CCC(=O)OCc1cc(C)cc(COC(=O)NCCN2CCCC2)c1)OCCC#CCCCC. The molecule has 1 saturated heterocycles. The van der Waals surface area contributed by atoms with Gasteiger partial charge in [0.05, 0.1) is 19.6 Å². The zero-order valence-corrected chi connectivity index (χ0v) is 27.3. The lowest BCUT2D eigenvalue weighted by atomic mass is 10.1. The number of esters is 1. The van der Waals surface area contributed by atoms with E-state index in [-0.39, 0.29) is 25.6 Å². The fourth-order valence-corrected chi connectivity index (χ4v) is 4.69. The van der Waals surface area contributed by atoms with E-state index in [1.54, 1.807) is 0 Å². The van der Waals surface area contributed by atoms with Crippen molar-refractivity contribution in [2.45, 2.75) is 117 Å². The monoisotopic (exact) mass is 610 g/mol. The van der Waals surface area contributed by atoms with Gasteiger partial charge in [0.25, 0.3) is 0 Å². The molecule has 0 bridgehead atoms. The summed E-state index contributed by atoms with van der Waals surface area (Å²) in [7, 11) is 0. The summed E-state index contributed by atoms with van der Waals surface area (Å²) in [5.74, 6) is 12.3. The van der Waals surface area contributed by atoms with Crippen molar-refractivity contribution in [3.63, 3.8) is 0 Å². The minimum absolute atomic E-state index is 0.141. The average molecular weight is 611 g/mol. The van der Waals surface area contributed by atoms with Gasteiger partial charge in [-0.05, 0) is 62.9 Å². The first-order chi connectivity index (χ1) is 21.5. The fraction of sp³-hybridized carbons (Fsp3) is 0.667. The standard InChI is InChI=1S/C36H54N2O6/c1-4-6-8-10-12-16-24-41-35(42-25-17-13-11-9-7-5-2)19-18-34(39)43-29-32-26-31(3)27-33(28-32)30-44-36(40)37-20-23-38-21-14-15-22-38/h26-28,35H,4-9,14-25,29-30H2,1-3H3,(H,37,40). The van der Waals surface area contributed by atoms with Gasteiger partial charge in [-0.25, -0.2) is 4.79 Å². The van der Waals surface area contributed by atoms with Crippen LogP contribution in [0.15, 0.2) is 18.2 Å². The number of rotatable bonds is 20. The number of nitrogens with one attached hydrogen (secondary N) is 1. The van der Waals surface area contributed by atoms with E-state index in [2.05, 4.69) is 47.7 Å². The van der Waals surface area contributed by atoms with Crippen LogP contribution in [0.25, 0.3) is 0 Å². The minimum Gasteiger partial charge on any atom is -0.461 e. The maximum Gasteiger partial charge on any atom is 0.407 e. The molecule has 2 rings (SSSR count). The number of benzene rings is 1. The zero-order valence-electron chi connectivity index (χ0n) is 27.3. The van der Waals surface area contributed by atoms with Gasteiger partial charge in [0.2, 0.25) is 0 Å². The lowest BCUT2D eigenvalue weighted by Crippen LogP contribution is -2.33. The Labute approximate surface area is 265 Å². The summed E-state index contributed by atoms with van der Waals surface area (Å²) in [6.45, 7) is 11.1. The molecule has 0 aromatic heterocycles. The second kappa shape index (κ2) is 24.3. The molecule has 8 heteroatoms. The molecule has 0 saturated carbocycles. The highest BCUT2D eigenvalue weighted by molar-refractivity contribution is 5.69. The van der Waals surface area contributed by atoms with Crippen LogP contribution in [0.2, 0.25) is 0 Å². The second-order valence-electron chi connectivity index (χ2n) is 11.2. The molecule has 244 valence electrons. The topological polar surface area (TPSA) is 86.3 Å². The maximum atomic E-state index is 12.6. The quantitative estimate of drug-likeness (QED) is 0.0764. The third-order valence-corrected chi connectivity index (χ3v) is 7.07. The third kappa shape index (κ3) is 18.6. The lowest BCUT2D eigenvalue weighted by molar-refractivity contribution is -0.158. The zero-order chi connectivity index (χ0) is 31.7. The Morgan fingerprint density at radius 1 is 0.841 bits per heavy atom. The smallest absolute Gasteiger partial charge is 0.407 e. The van der Waals surface area contributed by atoms with Crippen molar-refractivity contribution in [1.29, 1.82) is 0 Å². The van der Waals surface area contributed by atoms with Gasteiger partial charge in [0, 0.05) is 45.2 Å². The molecule has 8 nitrogen and oxygen atoms in total. The Hall–Kier alpha value is -3.04. The van der Waals surface area contributed by atoms with E-state index in [0.29, 0.717) is 39.0 Å². The molecule has 0 radical (unpaired) electrons. The first kappa shape index (κ1) is 37.1. The number of likely N-dealkylation sites (tertiary alicyclic amines) is 1. The van der Waals surface area contributed by atoms with Gasteiger partial charge in [-0.1, -0.05) is 44.4 Å². The van der Waals surface area contributed by atoms with Crippen LogP contribution in [0, 0.1) is 30.6 Å². The molecule has 0 aliphatic carbocycles. The van der Waals surface area contributed by atoms with Gasteiger partial charge in [-0.3, -0.25) is 4.79 Å². The molecular weight excluding hydrogens is 556 g/mol. The summed E-state index contributed by atoms with van der Waals surface area (Å²) in [6.07, 6.45) is 9.63. The summed E-state index contributed by atoms with van der Waals surface area (Å²) in [6, 6.07) is 5.82. The summed E-state index contributed by atoms with van der Waals surface area (Å²) in [4.78, 5) is 27.1. The van der Waals surface area contributed by atoms with Crippen LogP contribution in [0.1, 0.15) is 108 Å². The number of alkyl carbamates (subject to hydrolysis) is 1. The van der Waals surface area contributed by atoms with E-state index in [1.165, 1.54) is 12.8 Å². The van der Waals surface area contributed by atoms with Gasteiger partial charge >= 0.3 is 12.1 Å². The molecule has 0 atom stereocenters. The van der Waals surface area contributed by atoms with E-state index in [9.17, 15) is 9.59 Å². The fourth-order valence-electron chi connectivity index (χ4n) is 4.69. The number of unbranched alkanes of at least 4 members (excludes halogenated alkanes) is 4. The summed E-state index contributed by atoms with van der Waals surface area (Å²) in [5, 5.41) is 2.82. The van der Waals surface area contributed by atoms with Crippen molar-refractivity contribution in [3.05, 3.63) is 34.9 Å². The molecule has 1 aromatic rings. The predicted octanol–water partition coefficient (Wildman–Crippen LogP) is 6.67. The van der Waals surface area contributed by atoms with Crippen molar-refractivity contribution in [3.8, 4) is 23.7 Å². The Kier molecular flexibility index (Phi) is 20.5. The van der Waals surface area contributed by atoms with E-state index in [4.69, 9.17) is 18.9 Å². The molecule has 1 aliphatic heterocycles. The summed E-state index contributed by atoms with van der Waals surface area (Å²) < 4.78 is 22.8. The van der Waals surface area contributed by atoms with Crippen molar-refractivity contribution >= 4 is 12.1 Å². The number of carbonyl (C=O) groups is 2. The highest BCUT2D eigenvalue weighted by Crippen LogP contribution is 2.14. The van der Waals surface area contributed by atoms with E-state index in [1.807, 2.05) is 25.1 Å². The van der Waals surface area contributed by atoms with E-state index in [0.717, 1.165) is 74.8 Å². The van der Waals surface area contributed by atoms with Crippen LogP contribution in [-0.2, 0) is 37.0 Å². The number of amides is 1. The largest absolute Gasteiger partial charge is 0.461 e. The van der Waals surface area contributed by atoms with Crippen molar-refractivity contribution < 1.29 is 28.5 Å². The second-order valence-corrected chi connectivity index (χ2v) is 11.2. The van der Waals surface area contributed by atoms with Gasteiger partial charge in [0.15, 0.2) is 6.29 Å². The van der Waals surface area contributed by atoms with Crippen LogP contribution in [0.5, 0.6) is 0 Å². The lowest BCUT2D eigenvalue weighted by Gasteiger charge is -2.17. The summed E-state index contributed by atoms with van der Waals surface area (Å²) >= 11 is 0. The molecule has 0 unspecified atom stereocenters. The minimum atomic E-state index is -0.512. The van der Waals surface area contributed by atoms with Gasteiger partial charge < -0.3 is 29.2 Å². The van der Waals surface area contributed by atoms with Crippen molar-refractivity contribution in [1.82, 2.24) is 10.2 Å². The molecule has 0 spiro atoms. The third-order valence-electron chi connectivity index (χ3n) is 7.07. The molecule has 44 heavy (non-hydrogen) atoms. The first-order valence-corrected chi connectivity index (χ1v) is 16.5. The number of ether oxygens (including phenoxy) is 4. The predicted molar refractivity (Wildman–Crippen MR) is 174 cm³/mol. The Balaban J connectivity index is 1.75. The van der Waals surface area contributed by atoms with Gasteiger partial charge in [-0.2, -0.15) is 0 Å². The number of aryl methyl sites for hydroxylation is 1. The van der Waals surface area contributed by atoms with E-state index >= 15 is 0 Å². The molecule has 1 aromatic carbocycles. The van der Waals surface area contributed by atoms with Crippen LogP contribution in [0.3, 0.4) is 0 Å². The normalized spacial score (nSPS) is 12.7. The van der Waals surface area contributed by atoms with Crippen LogP contribution < -0.4 is 5.32 Å². The van der Waals surface area contributed by atoms with Crippen LogP contribution in [0.4, 0.5) is 4.79 Å². The highest BCUT2D eigenvalue weighted by atomic mass is 16.7. The van der Waals surface area contributed by atoms with Crippen LogP contribution in [-0.4, -0.2) is 62.6 Å². The first-order valence-electron chi connectivity index (χ1n) is 16.5. The van der Waals surface area contributed by atoms with E-state index < -0.39 is 12.4 Å². The number of carbonyl (C=O) groups excluding carboxylic acids is 2. The number of nitrogens with zero attached hydrogens (tertiary/aromatic N) is 1. The van der Waals surface area contributed by atoms with Crippen molar-refractivity contribution in [2.24, 2.45) is 0 Å². The highest BCUT2D eigenvalue weighted by Gasteiger charge is 2.14. The van der Waals surface area contributed by atoms with Crippen molar-refractivity contribution in [2.75, 3.05) is 39.4 Å². The number of hydrogen-bond acceptors (Lipinski definition) is 7. The molecule has 1 heterocycles.